The molecule has 10 heteroatoms. The highest BCUT2D eigenvalue weighted by atomic mass is 35.5. The van der Waals surface area contributed by atoms with E-state index in [1.165, 1.54) is 24.3 Å². The van der Waals surface area contributed by atoms with E-state index in [-0.39, 0.29) is 33.6 Å². The minimum absolute atomic E-state index is 0.0797. The molecule has 0 atom stereocenters. The molecule has 0 saturated carbocycles. The Morgan fingerprint density at radius 2 is 2.00 bits per heavy atom. The highest BCUT2D eigenvalue weighted by molar-refractivity contribution is 7.16. The van der Waals surface area contributed by atoms with E-state index in [9.17, 15) is 18.8 Å². The van der Waals surface area contributed by atoms with Crippen LogP contribution in [0.4, 0.5) is 9.39 Å². The number of ether oxygens (including phenoxy) is 1. The highest BCUT2D eigenvalue weighted by Gasteiger charge is 2.23. The van der Waals surface area contributed by atoms with Crippen molar-refractivity contribution in [2.45, 2.75) is 6.92 Å². The average molecular weight is 472 g/mol. The van der Waals surface area contributed by atoms with Crippen LogP contribution in [0.25, 0.3) is 16.5 Å². The molecule has 0 bridgehead atoms. The number of aromatic nitrogens is 2. The van der Waals surface area contributed by atoms with Crippen molar-refractivity contribution in [1.82, 2.24) is 9.78 Å². The average Bonchev–Trinajstić information content (AvgIpc) is 3.18. The second-order valence-electron chi connectivity index (χ2n) is 6.58. The van der Waals surface area contributed by atoms with E-state index in [1.54, 1.807) is 30.5 Å². The van der Waals surface area contributed by atoms with Crippen molar-refractivity contribution < 1.29 is 18.7 Å². The minimum atomic E-state index is -0.714. The third kappa shape index (κ3) is 4.12. The molecular formula is C22H15ClFN3O4S. The van der Waals surface area contributed by atoms with E-state index in [1.807, 2.05) is 0 Å². The van der Waals surface area contributed by atoms with Gasteiger partial charge in [0, 0.05) is 21.4 Å². The van der Waals surface area contributed by atoms with Gasteiger partial charge in [-0.2, -0.15) is 9.78 Å². The SMILES string of the molecule is CCOC(=O)c1nn(-c2cccc(Cl)c2)c(=O)c2c(NC(=O)c3cccc(F)c3)scc12. The van der Waals surface area contributed by atoms with Crippen LogP contribution in [-0.4, -0.2) is 28.3 Å². The lowest BCUT2D eigenvalue weighted by molar-refractivity contribution is 0.0520. The van der Waals surface area contributed by atoms with Crippen molar-refractivity contribution >= 4 is 50.6 Å². The summed E-state index contributed by atoms with van der Waals surface area (Å²) in [6.45, 7) is 1.77. The van der Waals surface area contributed by atoms with Gasteiger partial charge < -0.3 is 10.1 Å². The fraction of sp³-hybridized carbons (Fsp3) is 0.0909. The minimum Gasteiger partial charge on any atom is -0.461 e. The molecule has 4 rings (SSSR count). The maximum Gasteiger partial charge on any atom is 0.359 e. The molecule has 0 radical (unpaired) electrons. The van der Waals surface area contributed by atoms with Gasteiger partial charge in [0.05, 0.1) is 17.7 Å². The van der Waals surface area contributed by atoms with Crippen molar-refractivity contribution in [2.24, 2.45) is 0 Å². The number of benzene rings is 2. The van der Waals surface area contributed by atoms with E-state index >= 15 is 0 Å². The molecule has 2 heterocycles. The van der Waals surface area contributed by atoms with Crippen LogP contribution in [0.5, 0.6) is 0 Å². The predicted molar refractivity (Wildman–Crippen MR) is 121 cm³/mol. The summed E-state index contributed by atoms with van der Waals surface area (Å²) in [6, 6.07) is 11.6. The zero-order valence-electron chi connectivity index (χ0n) is 16.6. The Bertz CT molecular complexity index is 1420. The van der Waals surface area contributed by atoms with Crippen LogP contribution in [0.3, 0.4) is 0 Å². The normalized spacial score (nSPS) is 10.8. The summed E-state index contributed by atoms with van der Waals surface area (Å²) in [4.78, 5) is 38.5. The number of nitrogens with one attached hydrogen (secondary N) is 1. The molecule has 2 aromatic heterocycles. The van der Waals surface area contributed by atoms with Gasteiger partial charge in [0.15, 0.2) is 5.69 Å². The molecule has 0 aliphatic heterocycles. The monoisotopic (exact) mass is 471 g/mol. The first kappa shape index (κ1) is 21.7. The van der Waals surface area contributed by atoms with Crippen LogP contribution < -0.4 is 10.9 Å². The first-order chi connectivity index (χ1) is 15.4. The van der Waals surface area contributed by atoms with Gasteiger partial charge in [-0.25, -0.2) is 9.18 Å². The maximum atomic E-state index is 13.5. The van der Waals surface area contributed by atoms with Crippen molar-refractivity contribution in [1.29, 1.82) is 0 Å². The Hall–Kier alpha value is -3.56. The summed E-state index contributed by atoms with van der Waals surface area (Å²) in [5, 5.41) is 9.27. The van der Waals surface area contributed by atoms with Gasteiger partial charge in [0.2, 0.25) is 0 Å². The summed E-state index contributed by atoms with van der Waals surface area (Å²) in [5.41, 5.74) is -0.222. The number of thiophene rings is 1. The van der Waals surface area contributed by atoms with Gasteiger partial charge in [-0.1, -0.05) is 23.7 Å². The van der Waals surface area contributed by atoms with Gasteiger partial charge in [0.1, 0.15) is 10.8 Å². The van der Waals surface area contributed by atoms with Crippen molar-refractivity contribution in [3.05, 3.63) is 86.4 Å². The zero-order chi connectivity index (χ0) is 22.8. The number of anilines is 1. The number of esters is 1. The van der Waals surface area contributed by atoms with Crippen LogP contribution in [0.2, 0.25) is 5.02 Å². The Morgan fingerprint density at radius 1 is 1.22 bits per heavy atom. The number of carbonyl (C=O) groups is 2. The summed E-state index contributed by atoms with van der Waals surface area (Å²) in [7, 11) is 0. The summed E-state index contributed by atoms with van der Waals surface area (Å²) < 4.78 is 19.6. The number of halogens is 2. The topological polar surface area (TPSA) is 90.3 Å². The second-order valence-corrected chi connectivity index (χ2v) is 7.90. The Labute approximate surface area is 190 Å². The lowest BCUT2D eigenvalue weighted by Crippen LogP contribution is -2.25. The lowest BCUT2D eigenvalue weighted by Gasteiger charge is -2.10. The molecule has 0 fully saturated rings. The number of amides is 1. The Morgan fingerprint density at radius 3 is 2.72 bits per heavy atom. The molecule has 0 saturated heterocycles. The standard InChI is InChI=1S/C22H15ClFN3O4S/c1-2-31-22(30)18-16-11-32-20(25-19(28)12-5-3-7-14(24)9-12)17(16)21(29)27(26-18)15-8-4-6-13(23)10-15/h3-11H,2H2,1H3,(H,25,28). The Balaban J connectivity index is 1.89. The van der Waals surface area contributed by atoms with Gasteiger partial charge in [-0.3, -0.25) is 9.59 Å². The molecule has 2 aromatic carbocycles. The van der Waals surface area contributed by atoms with E-state index in [0.29, 0.717) is 10.7 Å². The highest BCUT2D eigenvalue weighted by Crippen LogP contribution is 2.31. The lowest BCUT2D eigenvalue weighted by atomic mass is 10.2. The third-order valence-corrected chi connectivity index (χ3v) is 5.62. The summed E-state index contributed by atoms with van der Waals surface area (Å²) >= 11 is 7.10. The number of rotatable bonds is 5. The van der Waals surface area contributed by atoms with E-state index in [2.05, 4.69) is 10.4 Å². The molecule has 1 N–H and O–H groups in total. The molecule has 4 aromatic rings. The summed E-state index contributed by atoms with van der Waals surface area (Å²) in [6.07, 6.45) is 0. The molecule has 0 aliphatic carbocycles. The molecule has 32 heavy (non-hydrogen) atoms. The molecule has 7 nitrogen and oxygen atoms in total. The van der Waals surface area contributed by atoms with Crippen LogP contribution in [-0.2, 0) is 4.74 Å². The molecule has 1 amide bonds. The van der Waals surface area contributed by atoms with Gasteiger partial charge in [-0.05, 0) is 43.3 Å². The van der Waals surface area contributed by atoms with E-state index in [4.69, 9.17) is 16.3 Å². The predicted octanol–water partition coefficient (Wildman–Crippen LogP) is 4.67. The number of carbonyl (C=O) groups excluding carboxylic acids is 2. The first-order valence-electron chi connectivity index (χ1n) is 9.43. The fourth-order valence-corrected chi connectivity index (χ4v) is 4.20. The van der Waals surface area contributed by atoms with Gasteiger partial charge >= 0.3 is 5.97 Å². The van der Waals surface area contributed by atoms with Crippen LogP contribution in [0.1, 0.15) is 27.8 Å². The summed E-state index contributed by atoms with van der Waals surface area (Å²) in [5.74, 6) is -1.88. The molecule has 0 aliphatic rings. The van der Waals surface area contributed by atoms with Crippen molar-refractivity contribution in [3.8, 4) is 5.69 Å². The van der Waals surface area contributed by atoms with Crippen LogP contribution in [0, 0.1) is 5.82 Å². The third-order valence-electron chi connectivity index (χ3n) is 4.49. The fourth-order valence-electron chi connectivity index (χ4n) is 3.08. The van der Waals surface area contributed by atoms with Gasteiger partial charge in [-0.15, -0.1) is 11.3 Å². The van der Waals surface area contributed by atoms with Crippen LogP contribution in [0.15, 0.2) is 58.7 Å². The second kappa shape index (κ2) is 8.89. The Kier molecular flexibility index (Phi) is 6.02. The van der Waals surface area contributed by atoms with Crippen molar-refractivity contribution in [2.75, 3.05) is 11.9 Å². The number of fused-ring (bicyclic) bond motifs is 1. The molecular weight excluding hydrogens is 457 g/mol. The number of hydrogen-bond acceptors (Lipinski definition) is 6. The van der Waals surface area contributed by atoms with E-state index < -0.39 is 23.3 Å². The quantitative estimate of drug-likeness (QED) is 0.427. The van der Waals surface area contributed by atoms with E-state index in [0.717, 1.165) is 22.1 Å². The molecule has 162 valence electrons. The van der Waals surface area contributed by atoms with Crippen LogP contribution >= 0.6 is 22.9 Å². The number of hydrogen-bond donors (Lipinski definition) is 1. The zero-order valence-corrected chi connectivity index (χ0v) is 18.2. The largest absolute Gasteiger partial charge is 0.461 e. The van der Waals surface area contributed by atoms with Gasteiger partial charge in [0.25, 0.3) is 11.5 Å². The van der Waals surface area contributed by atoms with Crippen molar-refractivity contribution in [3.63, 3.8) is 0 Å². The smallest absolute Gasteiger partial charge is 0.359 e. The number of nitrogens with zero attached hydrogens (tertiary/aromatic N) is 2. The molecule has 0 unspecified atom stereocenters. The maximum absolute atomic E-state index is 13.5. The first-order valence-corrected chi connectivity index (χ1v) is 10.7. The molecule has 0 spiro atoms.